The topological polar surface area (TPSA) is 67.4 Å². The van der Waals surface area contributed by atoms with E-state index in [0.29, 0.717) is 24.6 Å². The molecule has 0 heterocycles. The van der Waals surface area contributed by atoms with E-state index in [4.69, 9.17) is 4.74 Å². The molecule has 0 fully saturated rings. The second kappa shape index (κ2) is 10.6. The lowest BCUT2D eigenvalue weighted by atomic mass is 10.1. The summed E-state index contributed by atoms with van der Waals surface area (Å²) in [6, 6.07) is 6.95. The molecule has 1 aromatic rings. The maximum absolute atomic E-state index is 12.0. The summed E-state index contributed by atoms with van der Waals surface area (Å²) in [5.41, 5.74) is 0.517. The molecule has 0 unspecified atom stereocenters. The summed E-state index contributed by atoms with van der Waals surface area (Å²) < 4.78 is 5.55. The molecular weight excluding hydrogens is 292 g/mol. The molecule has 1 rings (SSSR count). The van der Waals surface area contributed by atoms with Gasteiger partial charge >= 0.3 is 0 Å². The van der Waals surface area contributed by atoms with Crippen molar-refractivity contribution in [2.45, 2.75) is 40.0 Å². The number of unbranched alkanes of at least 4 members (excludes halogenated alkanes) is 1. The minimum atomic E-state index is -0.260. The molecule has 5 heteroatoms. The van der Waals surface area contributed by atoms with Crippen LogP contribution in [0.25, 0.3) is 0 Å². The quantitative estimate of drug-likeness (QED) is 0.651. The molecule has 23 heavy (non-hydrogen) atoms. The van der Waals surface area contributed by atoms with Crippen molar-refractivity contribution in [2.24, 2.45) is 5.92 Å². The summed E-state index contributed by atoms with van der Waals surface area (Å²) in [4.78, 5) is 23.6. The molecular formula is C18H28N2O3. The Kier molecular flexibility index (Phi) is 8.80. The van der Waals surface area contributed by atoms with E-state index in [0.717, 1.165) is 25.0 Å². The van der Waals surface area contributed by atoms with Crippen LogP contribution in [0.3, 0.4) is 0 Å². The van der Waals surface area contributed by atoms with Gasteiger partial charge in [-0.2, -0.15) is 0 Å². The van der Waals surface area contributed by atoms with Crippen molar-refractivity contribution < 1.29 is 14.3 Å². The SMILES string of the molecule is CCCCOc1ccc(C(=O)NCC(=O)NCCC(C)C)cc1. The number of carbonyl (C=O) groups excluding carboxylic acids is 2. The fraction of sp³-hybridized carbons (Fsp3) is 0.556. The number of ether oxygens (including phenoxy) is 1. The van der Waals surface area contributed by atoms with Crippen molar-refractivity contribution in [3.8, 4) is 5.75 Å². The van der Waals surface area contributed by atoms with Crippen molar-refractivity contribution in [1.29, 1.82) is 0 Å². The summed E-state index contributed by atoms with van der Waals surface area (Å²) in [6.45, 7) is 7.61. The molecule has 0 atom stereocenters. The monoisotopic (exact) mass is 320 g/mol. The lowest BCUT2D eigenvalue weighted by Gasteiger charge is -2.09. The molecule has 1 aromatic carbocycles. The summed E-state index contributed by atoms with van der Waals surface area (Å²) in [6.07, 6.45) is 3.02. The second-order valence-electron chi connectivity index (χ2n) is 5.94. The summed E-state index contributed by atoms with van der Waals surface area (Å²) in [7, 11) is 0. The molecule has 128 valence electrons. The lowest BCUT2D eigenvalue weighted by Crippen LogP contribution is -2.37. The Morgan fingerprint density at radius 2 is 1.83 bits per heavy atom. The van der Waals surface area contributed by atoms with Gasteiger partial charge in [0.25, 0.3) is 5.91 Å². The first-order valence-corrected chi connectivity index (χ1v) is 8.30. The van der Waals surface area contributed by atoms with Gasteiger partial charge in [0.05, 0.1) is 13.2 Å². The molecule has 0 saturated heterocycles. The molecule has 0 saturated carbocycles. The Morgan fingerprint density at radius 3 is 2.43 bits per heavy atom. The van der Waals surface area contributed by atoms with Gasteiger partial charge in [0.2, 0.25) is 5.91 Å². The average molecular weight is 320 g/mol. The van der Waals surface area contributed by atoms with Crippen LogP contribution in [-0.4, -0.2) is 31.5 Å². The third kappa shape index (κ3) is 8.24. The third-order valence-electron chi connectivity index (χ3n) is 3.34. The molecule has 0 bridgehead atoms. The predicted molar refractivity (Wildman–Crippen MR) is 91.6 cm³/mol. The molecule has 0 aromatic heterocycles. The van der Waals surface area contributed by atoms with Gasteiger partial charge in [-0.25, -0.2) is 0 Å². The Hall–Kier alpha value is -2.04. The van der Waals surface area contributed by atoms with E-state index in [-0.39, 0.29) is 18.4 Å². The fourth-order valence-electron chi connectivity index (χ4n) is 1.86. The van der Waals surface area contributed by atoms with E-state index in [9.17, 15) is 9.59 Å². The number of amides is 2. The van der Waals surface area contributed by atoms with Gasteiger partial charge in [-0.3, -0.25) is 9.59 Å². The molecule has 5 nitrogen and oxygen atoms in total. The van der Waals surface area contributed by atoms with E-state index in [2.05, 4.69) is 31.4 Å². The van der Waals surface area contributed by atoms with Crippen LogP contribution in [0, 0.1) is 5.92 Å². The van der Waals surface area contributed by atoms with E-state index < -0.39 is 0 Å². The zero-order valence-electron chi connectivity index (χ0n) is 14.4. The van der Waals surface area contributed by atoms with Crippen LogP contribution in [0.4, 0.5) is 0 Å². The number of hydrogen-bond donors (Lipinski definition) is 2. The van der Waals surface area contributed by atoms with E-state index in [1.54, 1.807) is 24.3 Å². The van der Waals surface area contributed by atoms with E-state index >= 15 is 0 Å². The van der Waals surface area contributed by atoms with Crippen LogP contribution in [0.15, 0.2) is 24.3 Å². The zero-order chi connectivity index (χ0) is 17.1. The summed E-state index contributed by atoms with van der Waals surface area (Å²) in [5.74, 6) is 0.868. The number of benzene rings is 1. The zero-order valence-corrected chi connectivity index (χ0v) is 14.4. The van der Waals surface area contributed by atoms with Gasteiger partial charge in [0, 0.05) is 12.1 Å². The first-order valence-electron chi connectivity index (χ1n) is 8.30. The van der Waals surface area contributed by atoms with Crippen molar-refractivity contribution in [3.05, 3.63) is 29.8 Å². The molecule has 0 aliphatic rings. The van der Waals surface area contributed by atoms with Gasteiger partial charge < -0.3 is 15.4 Å². The maximum Gasteiger partial charge on any atom is 0.251 e. The molecule has 0 radical (unpaired) electrons. The number of rotatable bonds is 10. The number of hydrogen-bond acceptors (Lipinski definition) is 3. The van der Waals surface area contributed by atoms with Gasteiger partial charge in [0.15, 0.2) is 0 Å². The van der Waals surface area contributed by atoms with Gasteiger partial charge in [-0.05, 0) is 43.0 Å². The summed E-state index contributed by atoms with van der Waals surface area (Å²) >= 11 is 0. The minimum Gasteiger partial charge on any atom is -0.494 e. The highest BCUT2D eigenvalue weighted by Gasteiger charge is 2.08. The molecule has 0 aliphatic heterocycles. The highest BCUT2D eigenvalue weighted by atomic mass is 16.5. The van der Waals surface area contributed by atoms with Gasteiger partial charge in [-0.15, -0.1) is 0 Å². The normalized spacial score (nSPS) is 10.4. The van der Waals surface area contributed by atoms with Crippen molar-refractivity contribution >= 4 is 11.8 Å². The number of nitrogens with one attached hydrogen (secondary N) is 2. The maximum atomic E-state index is 12.0. The highest BCUT2D eigenvalue weighted by Crippen LogP contribution is 2.12. The van der Waals surface area contributed by atoms with Crippen molar-refractivity contribution in [1.82, 2.24) is 10.6 Å². The summed E-state index contributed by atoms with van der Waals surface area (Å²) in [5, 5.41) is 5.40. The second-order valence-corrected chi connectivity index (χ2v) is 5.94. The lowest BCUT2D eigenvalue weighted by molar-refractivity contribution is -0.120. The molecule has 0 aliphatic carbocycles. The van der Waals surface area contributed by atoms with E-state index in [1.807, 2.05) is 0 Å². The fourth-order valence-corrected chi connectivity index (χ4v) is 1.86. The van der Waals surface area contributed by atoms with Crippen LogP contribution in [0.5, 0.6) is 5.75 Å². The van der Waals surface area contributed by atoms with Crippen LogP contribution >= 0.6 is 0 Å². The van der Waals surface area contributed by atoms with Crippen LogP contribution < -0.4 is 15.4 Å². The standard InChI is InChI=1S/C18H28N2O3/c1-4-5-12-23-16-8-6-15(7-9-16)18(22)20-13-17(21)19-11-10-14(2)3/h6-9,14H,4-5,10-13H2,1-3H3,(H,19,21)(H,20,22). The van der Waals surface area contributed by atoms with Gasteiger partial charge in [-0.1, -0.05) is 27.2 Å². The Bertz CT molecular complexity index is 484. The van der Waals surface area contributed by atoms with Crippen LogP contribution in [0.1, 0.15) is 50.4 Å². The largest absolute Gasteiger partial charge is 0.494 e. The molecule has 2 N–H and O–H groups in total. The minimum absolute atomic E-state index is 0.00825. The highest BCUT2D eigenvalue weighted by molar-refractivity contribution is 5.96. The Morgan fingerprint density at radius 1 is 1.13 bits per heavy atom. The Balaban J connectivity index is 2.32. The first kappa shape index (κ1) is 19.0. The van der Waals surface area contributed by atoms with Gasteiger partial charge in [0.1, 0.15) is 5.75 Å². The number of carbonyl (C=O) groups is 2. The van der Waals surface area contributed by atoms with E-state index in [1.165, 1.54) is 0 Å². The first-order chi connectivity index (χ1) is 11.0. The van der Waals surface area contributed by atoms with Crippen LogP contribution in [-0.2, 0) is 4.79 Å². The smallest absolute Gasteiger partial charge is 0.251 e. The Labute approximate surface area is 138 Å². The van der Waals surface area contributed by atoms with Crippen molar-refractivity contribution in [2.75, 3.05) is 19.7 Å². The van der Waals surface area contributed by atoms with Crippen LogP contribution in [0.2, 0.25) is 0 Å². The molecule has 0 spiro atoms. The van der Waals surface area contributed by atoms with Crippen molar-refractivity contribution in [3.63, 3.8) is 0 Å². The molecule has 2 amide bonds. The predicted octanol–water partition coefficient (Wildman–Crippen LogP) is 2.76. The average Bonchev–Trinajstić information content (AvgIpc) is 2.53. The third-order valence-corrected chi connectivity index (χ3v) is 3.34.